The SMILES string of the molecule is O=C1[N]N=NN1c1cccc(Cl)c1. The van der Waals surface area contributed by atoms with E-state index in [0.717, 1.165) is 5.01 Å². The molecule has 5 nitrogen and oxygen atoms in total. The summed E-state index contributed by atoms with van der Waals surface area (Å²) >= 11 is 5.73. The van der Waals surface area contributed by atoms with Gasteiger partial charge in [-0.1, -0.05) is 23.1 Å². The molecule has 0 saturated carbocycles. The second-order valence-corrected chi connectivity index (χ2v) is 2.79. The summed E-state index contributed by atoms with van der Waals surface area (Å²) in [6.07, 6.45) is 0. The van der Waals surface area contributed by atoms with Crippen molar-refractivity contribution < 1.29 is 4.79 Å². The lowest BCUT2D eigenvalue weighted by Crippen LogP contribution is -2.22. The van der Waals surface area contributed by atoms with E-state index in [-0.39, 0.29) is 0 Å². The molecule has 65 valence electrons. The van der Waals surface area contributed by atoms with Gasteiger partial charge >= 0.3 is 6.03 Å². The minimum absolute atomic E-state index is 0.512. The van der Waals surface area contributed by atoms with Crippen LogP contribution in [0.15, 0.2) is 34.7 Å². The van der Waals surface area contributed by atoms with Crippen LogP contribution in [0.5, 0.6) is 0 Å². The molecule has 2 rings (SSSR count). The van der Waals surface area contributed by atoms with Crippen LogP contribution in [-0.4, -0.2) is 6.03 Å². The van der Waals surface area contributed by atoms with Crippen LogP contribution in [0, 0.1) is 0 Å². The van der Waals surface area contributed by atoms with Crippen molar-refractivity contribution in [2.45, 2.75) is 0 Å². The summed E-state index contributed by atoms with van der Waals surface area (Å²) in [5, 5.41) is 8.36. The van der Waals surface area contributed by atoms with E-state index in [0.29, 0.717) is 10.7 Å². The maximum absolute atomic E-state index is 11.0. The highest BCUT2D eigenvalue weighted by molar-refractivity contribution is 6.30. The van der Waals surface area contributed by atoms with Crippen LogP contribution in [0.4, 0.5) is 10.5 Å². The van der Waals surface area contributed by atoms with Gasteiger partial charge < -0.3 is 0 Å². The van der Waals surface area contributed by atoms with E-state index in [9.17, 15) is 4.79 Å². The van der Waals surface area contributed by atoms with Crippen LogP contribution in [-0.2, 0) is 0 Å². The fourth-order valence-electron chi connectivity index (χ4n) is 0.949. The van der Waals surface area contributed by atoms with Crippen molar-refractivity contribution in [1.82, 2.24) is 5.43 Å². The van der Waals surface area contributed by atoms with Gasteiger partial charge in [0.2, 0.25) is 0 Å². The summed E-state index contributed by atoms with van der Waals surface area (Å²) in [5.74, 6) is 0. The third-order valence-electron chi connectivity index (χ3n) is 1.49. The number of carbonyl (C=O) groups excluding carboxylic acids is 1. The normalized spacial score (nSPS) is 14.8. The van der Waals surface area contributed by atoms with Crippen LogP contribution in [0.3, 0.4) is 0 Å². The minimum Gasteiger partial charge on any atom is -0.242 e. The summed E-state index contributed by atoms with van der Waals surface area (Å²) in [6.45, 7) is 0. The summed E-state index contributed by atoms with van der Waals surface area (Å²) in [6, 6.07) is 6.23. The zero-order valence-electron chi connectivity index (χ0n) is 6.38. The molecule has 1 aromatic rings. The number of nitrogens with zero attached hydrogens (tertiary/aromatic N) is 4. The van der Waals surface area contributed by atoms with Crippen molar-refractivity contribution in [3.05, 3.63) is 29.3 Å². The van der Waals surface area contributed by atoms with Gasteiger partial charge in [0.05, 0.1) is 5.69 Å². The standard InChI is InChI=1S/C7H4ClN4O/c8-5-2-1-3-6(4-5)12-7(13)9-10-11-12/h1-4H. The molecular weight excluding hydrogens is 192 g/mol. The summed E-state index contributed by atoms with van der Waals surface area (Å²) in [5.41, 5.74) is 3.78. The van der Waals surface area contributed by atoms with Crippen molar-refractivity contribution in [3.8, 4) is 0 Å². The first kappa shape index (κ1) is 8.00. The number of halogens is 1. The van der Waals surface area contributed by atoms with Crippen molar-refractivity contribution in [2.24, 2.45) is 10.4 Å². The molecule has 2 amide bonds. The lowest BCUT2D eigenvalue weighted by Gasteiger charge is -2.07. The molecule has 0 N–H and O–H groups in total. The second-order valence-electron chi connectivity index (χ2n) is 2.35. The zero-order valence-corrected chi connectivity index (χ0v) is 7.14. The topological polar surface area (TPSA) is 59.1 Å². The molecule has 0 unspecified atom stereocenters. The lowest BCUT2D eigenvalue weighted by atomic mass is 10.3. The summed E-state index contributed by atoms with van der Waals surface area (Å²) in [4.78, 5) is 11.0. The van der Waals surface area contributed by atoms with E-state index < -0.39 is 6.03 Å². The first-order valence-electron chi connectivity index (χ1n) is 3.49. The Morgan fingerprint density at radius 3 is 2.85 bits per heavy atom. The van der Waals surface area contributed by atoms with Gasteiger partial charge in [0.15, 0.2) is 0 Å². The Morgan fingerprint density at radius 1 is 1.38 bits per heavy atom. The molecule has 0 saturated heterocycles. The number of urea groups is 1. The molecule has 0 spiro atoms. The molecule has 0 fully saturated rings. The zero-order chi connectivity index (χ0) is 9.26. The fraction of sp³-hybridized carbons (Fsp3) is 0. The van der Waals surface area contributed by atoms with E-state index in [2.05, 4.69) is 15.9 Å². The Labute approximate surface area is 79.0 Å². The van der Waals surface area contributed by atoms with Crippen LogP contribution in [0.1, 0.15) is 0 Å². The Bertz CT molecular complexity index is 379. The molecule has 6 heteroatoms. The van der Waals surface area contributed by atoms with Crippen molar-refractivity contribution in [2.75, 3.05) is 5.01 Å². The molecular formula is C7H4ClN4O. The Morgan fingerprint density at radius 2 is 2.23 bits per heavy atom. The van der Waals surface area contributed by atoms with Gasteiger partial charge in [-0.25, -0.2) is 4.79 Å². The highest BCUT2D eigenvalue weighted by Gasteiger charge is 2.21. The molecule has 1 radical (unpaired) electrons. The molecule has 0 aromatic heterocycles. The minimum atomic E-state index is -0.512. The highest BCUT2D eigenvalue weighted by Crippen LogP contribution is 2.21. The molecule has 1 aromatic carbocycles. The fourth-order valence-corrected chi connectivity index (χ4v) is 1.13. The van der Waals surface area contributed by atoms with Gasteiger partial charge in [-0.2, -0.15) is 5.01 Å². The van der Waals surface area contributed by atoms with Crippen molar-refractivity contribution in [1.29, 1.82) is 0 Å². The molecule has 1 aliphatic heterocycles. The molecule has 1 heterocycles. The molecule has 0 aliphatic carbocycles. The van der Waals surface area contributed by atoms with Gasteiger partial charge in [0.25, 0.3) is 0 Å². The Hall–Kier alpha value is -1.62. The molecule has 0 bridgehead atoms. The molecule has 1 aliphatic rings. The van der Waals surface area contributed by atoms with Gasteiger partial charge in [-0.3, -0.25) is 0 Å². The van der Waals surface area contributed by atoms with Crippen LogP contribution in [0.2, 0.25) is 5.02 Å². The Balaban J connectivity index is 2.35. The van der Waals surface area contributed by atoms with E-state index in [1.54, 1.807) is 24.3 Å². The van der Waals surface area contributed by atoms with Crippen LogP contribution < -0.4 is 10.4 Å². The number of rotatable bonds is 1. The van der Waals surface area contributed by atoms with Gasteiger partial charge in [-0.05, 0) is 28.6 Å². The third-order valence-corrected chi connectivity index (χ3v) is 1.73. The van der Waals surface area contributed by atoms with Crippen LogP contribution in [0.25, 0.3) is 0 Å². The van der Waals surface area contributed by atoms with E-state index in [4.69, 9.17) is 11.6 Å². The average Bonchev–Trinajstić information content (AvgIpc) is 2.51. The predicted octanol–water partition coefficient (Wildman–Crippen LogP) is 2.17. The van der Waals surface area contributed by atoms with E-state index in [1.807, 2.05) is 0 Å². The lowest BCUT2D eigenvalue weighted by molar-refractivity contribution is 0.250. The monoisotopic (exact) mass is 195 g/mol. The van der Waals surface area contributed by atoms with Crippen LogP contribution >= 0.6 is 11.6 Å². The van der Waals surface area contributed by atoms with Gasteiger partial charge in [0.1, 0.15) is 0 Å². The molecule has 0 atom stereocenters. The Kier molecular flexibility index (Phi) is 1.86. The van der Waals surface area contributed by atoms with Gasteiger partial charge in [0, 0.05) is 5.02 Å². The second kappa shape index (κ2) is 3.02. The van der Waals surface area contributed by atoms with Crippen molar-refractivity contribution in [3.63, 3.8) is 0 Å². The maximum atomic E-state index is 11.0. The number of carbonyl (C=O) groups is 1. The quantitative estimate of drug-likeness (QED) is 0.678. The summed E-state index contributed by atoms with van der Waals surface area (Å²) < 4.78 is 0. The number of benzene rings is 1. The predicted molar refractivity (Wildman–Crippen MR) is 46.3 cm³/mol. The first-order chi connectivity index (χ1) is 6.27. The average molecular weight is 196 g/mol. The maximum Gasteiger partial charge on any atom is 0.390 e. The number of amides is 2. The first-order valence-corrected chi connectivity index (χ1v) is 3.86. The van der Waals surface area contributed by atoms with E-state index >= 15 is 0 Å². The van der Waals surface area contributed by atoms with Gasteiger partial charge in [-0.15, -0.1) is 0 Å². The highest BCUT2D eigenvalue weighted by atomic mass is 35.5. The smallest absolute Gasteiger partial charge is 0.242 e. The molecule has 13 heavy (non-hydrogen) atoms. The summed E-state index contributed by atoms with van der Waals surface area (Å²) in [7, 11) is 0. The largest absolute Gasteiger partial charge is 0.390 e. The van der Waals surface area contributed by atoms with Crippen molar-refractivity contribution >= 4 is 23.3 Å². The third kappa shape index (κ3) is 1.46. The number of hydrogen-bond donors (Lipinski definition) is 0. The van der Waals surface area contributed by atoms with E-state index in [1.165, 1.54) is 0 Å². The number of anilines is 1. The number of hydrogen-bond acceptors (Lipinski definition) is 3.